The average Bonchev–Trinajstić information content (AvgIpc) is 3.70. The molecule has 0 unspecified atom stereocenters. The largest absolute Gasteiger partial charge is 0.481 e. The normalized spacial score (nSPS) is 18.2. The highest BCUT2D eigenvalue weighted by molar-refractivity contribution is 6.39. The van der Waals surface area contributed by atoms with Crippen LogP contribution in [-0.4, -0.2) is 83.8 Å². The first-order valence-corrected chi connectivity index (χ1v) is 16.8. The SMILES string of the molecule is COc1nc(-c2cccc(-c3cccc(-c4cnc(CNC[C@@H]5CCC(=O)N5)c(OC)n4)c3Cl)c2Cl)ccc1CN1CC2(CNC(=O)N2)C1. The molecule has 12 nitrogen and oxygen atoms in total. The van der Waals surface area contributed by atoms with E-state index in [0.717, 1.165) is 41.8 Å². The van der Waals surface area contributed by atoms with Crippen molar-refractivity contribution in [3.8, 4) is 45.4 Å². The number of carbonyl (C=O) groups is 2. The van der Waals surface area contributed by atoms with Crippen LogP contribution in [0, 0.1) is 0 Å². The molecule has 2 aromatic heterocycles. The summed E-state index contributed by atoms with van der Waals surface area (Å²) in [7, 11) is 3.16. The Balaban J connectivity index is 1.10. The third-order valence-electron chi connectivity index (χ3n) is 9.16. The van der Waals surface area contributed by atoms with Crippen LogP contribution in [0.2, 0.25) is 10.0 Å². The second-order valence-electron chi connectivity index (χ2n) is 12.6. The molecule has 0 saturated carbocycles. The fourth-order valence-electron chi connectivity index (χ4n) is 6.73. The summed E-state index contributed by atoms with van der Waals surface area (Å²) in [5.41, 5.74) is 5.54. The maximum absolute atomic E-state index is 11.6. The van der Waals surface area contributed by atoms with Gasteiger partial charge in [0.15, 0.2) is 0 Å². The number of pyridine rings is 1. The Morgan fingerprint density at radius 2 is 1.59 bits per heavy atom. The van der Waals surface area contributed by atoms with Crippen molar-refractivity contribution >= 4 is 35.1 Å². The van der Waals surface area contributed by atoms with Crippen LogP contribution < -0.4 is 30.7 Å². The van der Waals surface area contributed by atoms with Gasteiger partial charge in [0.05, 0.1) is 47.4 Å². The summed E-state index contributed by atoms with van der Waals surface area (Å²) in [5.74, 6) is 0.991. The van der Waals surface area contributed by atoms with Gasteiger partial charge in [-0.2, -0.15) is 0 Å². The lowest BCUT2D eigenvalue weighted by atomic mass is 9.90. The predicted octanol–water partition coefficient (Wildman–Crippen LogP) is 4.43. The molecule has 3 aliphatic heterocycles. The second kappa shape index (κ2) is 13.8. The standard InChI is InChI=1S/C35H36Cl2N8O4/c1-48-32-20(16-45-18-35(19-45)17-40-34(47)44-35)9-11-26(42-32)24-7-3-5-22(30(24)36)23-6-4-8-25(31(23)37)27-15-39-28(33(43-27)49-2)14-38-13-21-10-12-29(46)41-21/h3-9,11,15,21,38H,10,12-14,16-19H2,1-2H3,(H,41,46)(H2,40,44,47)/t21-/m0/s1. The minimum atomic E-state index is -0.194. The van der Waals surface area contributed by atoms with Gasteiger partial charge in [0, 0.05) is 79.5 Å². The zero-order valence-corrected chi connectivity index (χ0v) is 28.6. The van der Waals surface area contributed by atoms with Crippen molar-refractivity contribution < 1.29 is 19.1 Å². The van der Waals surface area contributed by atoms with Crippen LogP contribution in [-0.2, 0) is 17.9 Å². The molecule has 49 heavy (non-hydrogen) atoms. The Hall–Kier alpha value is -4.49. The van der Waals surface area contributed by atoms with Gasteiger partial charge < -0.3 is 30.7 Å². The van der Waals surface area contributed by atoms with Gasteiger partial charge in [-0.25, -0.2) is 14.8 Å². The lowest BCUT2D eigenvalue weighted by molar-refractivity contribution is -0.119. The molecule has 0 radical (unpaired) electrons. The minimum absolute atomic E-state index is 0.0826. The highest BCUT2D eigenvalue weighted by Gasteiger charge is 2.47. The van der Waals surface area contributed by atoms with Crippen LogP contribution in [0.3, 0.4) is 0 Å². The zero-order valence-electron chi connectivity index (χ0n) is 27.1. The smallest absolute Gasteiger partial charge is 0.315 e. The van der Waals surface area contributed by atoms with Crippen molar-refractivity contribution in [3.63, 3.8) is 0 Å². The van der Waals surface area contributed by atoms with E-state index in [4.69, 9.17) is 42.6 Å². The molecule has 0 aliphatic carbocycles. The Morgan fingerprint density at radius 1 is 0.918 bits per heavy atom. The number of nitrogens with one attached hydrogen (secondary N) is 4. The van der Waals surface area contributed by atoms with E-state index in [2.05, 4.69) is 31.2 Å². The molecule has 4 N–H and O–H groups in total. The Kier molecular flexibility index (Phi) is 9.29. The summed E-state index contributed by atoms with van der Waals surface area (Å²) in [5, 5.41) is 13.1. The van der Waals surface area contributed by atoms with Crippen molar-refractivity contribution in [2.45, 2.75) is 37.5 Å². The number of rotatable bonds is 11. The number of carbonyl (C=O) groups excluding carboxylic acids is 2. The third kappa shape index (κ3) is 6.73. The van der Waals surface area contributed by atoms with E-state index in [0.29, 0.717) is 77.1 Å². The molecular formula is C35H36Cl2N8O4. The van der Waals surface area contributed by atoms with Crippen molar-refractivity contribution in [2.75, 3.05) is 40.4 Å². The number of likely N-dealkylation sites (tertiary alicyclic amines) is 1. The quantitative estimate of drug-likeness (QED) is 0.179. The molecule has 14 heteroatoms. The molecule has 5 heterocycles. The van der Waals surface area contributed by atoms with Crippen LogP contribution in [0.4, 0.5) is 4.79 Å². The van der Waals surface area contributed by atoms with E-state index in [1.807, 2.05) is 48.5 Å². The first kappa shape index (κ1) is 33.0. The summed E-state index contributed by atoms with van der Waals surface area (Å²) >= 11 is 14.1. The lowest BCUT2D eigenvalue weighted by Crippen LogP contribution is -2.68. The number of nitrogens with zero attached hydrogens (tertiary/aromatic N) is 4. The number of ether oxygens (including phenoxy) is 2. The Labute approximate surface area is 293 Å². The van der Waals surface area contributed by atoms with Crippen LogP contribution in [0.15, 0.2) is 54.7 Å². The first-order valence-electron chi connectivity index (χ1n) is 16.1. The van der Waals surface area contributed by atoms with Crippen LogP contribution in [0.1, 0.15) is 24.1 Å². The van der Waals surface area contributed by atoms with Gasteiger partial charge in [-0.05, 0) is 12.5 Å². The van der Waals surface area contributed by atoms with E-state index >= 15 is 0 Å². The summed E-state index contributed by atoms with van der Waals surface area (Å²) in [6, 6.07) is 15.4. The van der Waals surface area contributed by atoms with Gasteiger partial charge in [-0.1, -0.05) is 65.7 Å². The molecular weight excluding hydrogens is 667 g/mol. The van der Waals surface area contributed by atoms with Gasteiger partial charge in [0.2, 0.25) is 17.7 Å². The average molecular weight is 704 g/mol. The van der Waals surface area contributed by atoms with E-state index in [-0.39, 0.29) is 23.5 Å². The summed E-state index contributed by atoms with van der Waals surface area (Å²) in [4.78, 5) is 39.6. The topological polar surface area (TPSA) is 143 Å². The van der Waals surface area contributed by atoms with Gasteiger partial charge in [-0.15, -0.1) is 0 Å². The number of aromatic nitrogens is 3. The monoisotopic (exact) mass is 702 g/mol. The molecule has 7 rings (SSSR count). The Morgan fingerprint density at radius 3 is 2.22 bits per heavy atom. The number of methoxy groups -OCH3 is 2. The lowest BCUT2D eigenvalue weighted by Gasteiger charge is -2.47. The van der Waals surface area contributed by atoms with E-state index in [1.165, 1.54) is 0 Å². The highest BCUT2D eigenvalue weighted by Crippen LogP contribution is 2.42. The summed E-state index contributed by atoms with van der Waals surface area (Å²) < 4.78 is 11.3. The summed E-state index contributed by atoms with van der Waals surface area (Å²) in [6.07, 6.45) is 3.05. The van der Waals surface area contributed by atoms with E-state index < -0.39 is 0 Å². The molecule has 4 aromatic rings. The van der Waals surface area contributed by atoms with Crippen molar-refractivity contribution in [2.24, 2.45) is 0 Å². The van der Waals surface area contributed by atoms with Crippen LogP contribution >= 0.6 is 23.2 Å². The first-order chi connectivity index (χ1) is 23.8. The number of amides is 3. The molecule has 2 aromatic carbocycles. The second-order valence-corrected chi connectivity index (χ2v) is 13.3. The third-order valence-corrected chi connectivity index (χ3v) is 9.97. The Bertz CT molecular complexity index is 1920. The van der Waals surface area contributed by atoms with E-state index in [9.17, 15) is 9.59 Å². The fourth-order valence-corrected chi connectivity index (χ4v) is 7.38. The van der Waals surface area contributed by atoms with Crippen molar-refractivity contribution in [1.29, 1.82) is 0 Å². The maximum atomic E-state index is 11.6. The predicted molar refractivity (Wildman–Crippen MR) is 187 cm³/mol. The number of hydrogen-bond acceptors (Lipinski definition) is 9. The molecule has 0 bridgehead atoms. The molecule has 1 spiro atoms. The molecule has 3 saturated heterocycles. The fraction of sp³-hybridized carbons (Fsp3) is 0.343. The van der Waals surface area contributed by atoms with Gasteiger partial charge in [0.1, 0.15) is 5.69 Å². The highest BCUT2D eigenvalue weighted by atomic mass is 35.5. The van der Waals surface area contributed by atoms with Crippen molar-refractivity contribution in [1.82, 2.24) is 41.1 Å². The maximum Gasteiger partial charge on any atom is 0.315 e. The number of hydrogen-bond donors (Lipinski definition) is 4. The van der Waals surface area contributed by atoms with Crippen molar-refractivity contribution in [3.05, 3.63) is 76.0 Å². The van der Waals surface area contributed by atoms with Gasteiger partial charge in [0.25, 0.3) is 0 Å². The number of halogens is 2. The van der Waals surface area contributed by atoms with Crippen LogP contribution in [0.5, 0.6) is 11.8 Å². The zero-order chi connectivity index (χ0) is 34.1. The number of urea groups is 1. The molecule has 3 aliphatic rings. The molecule has 254 valence electrons. The minimum Gasteiger partial charge on any atom is -0.481 e. The summed E-state index contributed by atoms with van der Waals surface area (Å²) in [6.45, 7) is 3.87. The molecule has 3 amide bonds. The van der Waals surface area contributed by atoms with Gasteiger partial charge >= 0.3 is 6.03 Å². The van der Waals surface area contributed by atoms with Gasteiger partial charge in [-0.3, -0.25) is 14.7 Å². The van der Waals surface area contributed by atoms with E-state index in [1.54, 1.807) is 20.4 Å². The van der Waals surface area contributed by atoms with Crippen LogP contribution in [0.25, 0.3) is 33.6 Å². The molecule has 3 fully saturated rings. The molecule has 1 atom stereocenters. The number of benzene rings is 2.